The maximum atomic E-state index is 12.7. The van der Waals surface area contributed by atoms with Gasteiger partial charge in [0.15, 0.2) is 6.61 Å². The van der Waals surface area contributed by atoms with E-state index in [4.69, 9.17) is 9.26 Å². The van der Waals surface area contributed by atoms with Gasteiger partial charge in [0.05, 0.1) is 9.77 Å². The molecule has 1 fully saturated rings. The summed E-state index contributed by atoms with van der Waals surface area (Å²) in [5, 5.41) is 5.79. The van der Waals surface area contributed by atoms with E-state index in [0.29, 0.717) is 30.2 Å². The van der Waals surface area contributed by atoms with Crippen LogP contribution in [0.4, 0.5) is 0 Å². The van der Waals surface area contributed by atoms with E-state index in [-0.39, 0.29) is 24.9 Å². The average molecular weight is 462 g/mol. The van der Waals surface area contributed by atoms with Crippen molar-refractivity contribution < 1.29 is 22.5 Å². The lowest BCUT2D eigenvalue weighted by Crippen LogP contribution is -2.35. The Labute approximate surface area is 184 Å². The maximum Gasteiger partial charge on any atom is 0.306 e. The molecule has 0 saturated carbocycles. The molecule has 0 atom stereocenters. The number of esters is 1. The number of ether oxygens (including phenoxy) is 1. The first-order chi connectivity index (χ1) is 15.0. The molecule has 0 bridgehead atoms. The summed E-state index contributed by atoms with van der Waals surface area (Å²) in [6.07, 6.45) is 3.50. The van der Waals surface area contributed by atoms with Crippen LogP contribution in [0.2, 0.25) is 0 Å². The second-order valence-electron chi connectivity index (χ2n) is 7.26. The molecular weight excluding hydrogens is 438 g/mol. The van der Waals surface area contributed by atoms with E-state index >= 15 is 0 Å². The second-order valence-corrected chi connectivity index (χ2v) is 10.1. The number of aryl methyl sites for hydroxylation is 1. The Morgan fingerprint density at radius 3 is 2.61 bits per heavy atom. The maximum absolute atomic E-state index is 12.7. The fourth-order valence-electron chi connectivity index (χ4n) is 3.36. The molecule has 0 unspecified atom stereocenters. The Kier molecular flexibility index (Phi) is 6.79. The molecule has 164 valence electrons. The minimum atomic E-state index is -3.44. The van der Waals surface area contributed by atoms with Gasteiger partial charge in [0.1, 0.15) is 0 Å². The van der Waals surface area contributed by atoms with Crippen LogP contribution in [0.15, 0.2) is 51.2 Å². The van der Waals surface area contributed by atoms with Crippen molar-refractivity contribution in [3.8, 4) is 10.7 Å². The first kappa shape index (κ1) is 21.7. The monoisotopic (exact) mass is 461 g/mol. The molecule has 0 amide bonds. The van der Waals surface area contributed by atoms with Crippen LogP contribution in [0, 0.1) is 0 Å². The van der Waals surface area contributed by atoms with Gasteiger partial charge in [-0.3, -0.25) is 4.79 Å². The van der Waals surface area contributed by atoms with E-state index in [2.05, 4.69) is 10.1 Å². The number of piperidine rings is 1. The molecule has 10 heteroatoms. The number of rotatable bonds is 8. The highest BCUT2D eigenvalue weighted by molar-refractivity contribution is 7.89. The van der Waals surface area contributed by atoms with Crippen molar-refractivity contribution in [3.63, 3.8) is 0 Å². The zero-order valence-corrected chi connectivity index (χ0v) is 18.5. The van der Waals surface area contributed by atoms with Crippen LogP contribution >= 0.6 is 11.3 Å². The van der Waals surface area contributed by atoms with Crippen molar-refractivity contribution >= 4 is 27.3 Å². The SMILES string of the molecule is O=C(CCc1ccc(S(=O)(=O)N2CCCCC2)cc1)OCc1nc(-c2cccs2)no1. The van der Waals surface area contributed by atoms with Gasteiger partial charge in [-0.05, 0) is 48.4 Å². The quantitative estimate of drug-likeness (QED) is 0.472. The molecule has 3 aromatic rings. The molecule has 1 saturated heterocycles. The lowest BCUT2D eigenvalue weighted by Gasteiger charge is -2.25. The lowest BCUT2D eigenvalue weighted by molar-refractivity contribution is -0.145. The number of hydrogen-bond donors (Lipinski definition) is 0. The highest BCUT2D eigenvalue weighted by Gasteiger charge is 2.25. The molecular formula is C21H23N3O5S2. The molecule has 2 aromatic heterocycles. The smallest absolute Gasteiger partial charge is 0.306 e. The summed E-state index contributed by atoms with van der Waals surface area (Å²) >= 11 is 1.50. The van der Waals surface area contributed by atoms with E-state index < -0.39 is 10.0 Å². The molecule has 31 heavy (non-hydrogen) atoms. The molecule has 0 aliphatic carbocycles. The van der Waals surface area contributed by atoms with Gasteiger partial charge in [-0.15, -0.1) is 11.3 Å². The average Bonchev–Trinajstić information content (AvgIpc) is 3.49. The van der Waals surface area contributed by atoms with Gasteiger partial charge in [-0.1, -0.05) is 29.8 Å². The first-order valence-corrected chi connectivity index (χ1v) is 12.5. The number of thiophene rings is 1. The number of carbonyl (C=O) groups excluding carboxylic acids is 1. The summed E-state index contributed by atoms with van der Waals surface area (Å²) in [5.74, 6) is 0.325. The standard InChI is InChI=1S/C21H23N3O5S2/c25-20(28-15-19-22-21(23-29-19)18-5-4-14-30-18)11-8-16-6-9-17(10-7-16)31(26,27)24-12-2-1-3-13-24/h4-7,9-10,14H,1-3,8,11-13,15H2. The van der Waals surface area contributed by atoms with Crippen LogP contribution in [0.1, 0.15) is 37.1 Å². The Balaban J connectivity index is 1.26. The van der Waals surface area contributed by atoms with E-state index in [1.54, 1.807) is 28.6 Å². The third-order valence-corrected chi connectivity index (χ3v) is 7.84. The predicted octanol–water partition coefficient (Wildman–Crippen LogP) is 3.65. The predicted molar refractivity (Wildman–Crippen MR) is 115 cm³/mol. The Bertz CT molecular complexity index is 1100. The van der Waals surface area contributed by atoms with Crippen molar-refractivity contribution in [3.05, 3.63) is 53.2 Å². The molecule has 1 aliphatic heterocycles. The molecule has 0 spiro atoms. The van der Waals surface area contributed by atoms with Crippen molar-refractivity contribution in [2.75, 3.05) is 13.1 Å². The van der Waals surface area contributed by atoms with Crippen LogP contribution < -0.4 is 0 Å². The summed E-state index contributed by atoms with van der Waals surface area (Å²) in [5.41, 5.74) is 0.868. The number of carbonyl (C=O) groups is 1. The first-order valence-electron chi connectivity index (χ1n) is 10.1. The van der Waals surface area contributed by atoms with Crippen molar-refractivity contribution in [2.24, 2.45) is 0 Å². The number of hydrogen-bond acceptors (Lipinski definition) is 8. The molecule has 0 radical (unpaired) electrons. The van der Waals surface area contributed by atoms with Crippen molar-refractivity contribution in [2.45, 2.75) is 43.6 Å². The van der Waals surface area contributed by atoms with E-state index in [1.165, 1.54) is 11.3 Å². The molecule has 4 rings (SSSR count). The molecule has 0 N–H and O–H groups in total. The van der Waals surface area contributed by atoms with E-state index in [9.17, 15) is 13.2 Å². The fourth-order valence-corrected chi connectivity index (χ4v) is 5.53. The minimum absolute atomic E-state index is 0.0791. The number of sulfonamides is 1. The van der Waals surface area contributed by atoms with Gasteiger partial charge in [0, 0.05) is 19.5 Å². The molecule has 1 aromatic carbocycles. The number of aromatic nitrogens is 2. The zero-order valence-electron chi connectivity index (χ0n) is 16.9. The van der Waals surface area contributed by atoms with Crippen molar-refractivity contribution in [1.29, 1.82) is 0 Å². The summed E-state index contributed by atoms with van der Waals surface area (Å²) in [6.45, 7) is 1.07. The van der Waals surface area contributed by atoms with Gasteiger partial charge < -0.3 is 9.26 Å². The Morgan fingerprint density at radius 1 is 1.13 bits per heavy atom. The van der Waals surface area contributed by atoms with Gasteiger partial charge in [0.2, 0.25) is 15.8 Å². The van der Waals surface area contributed by atoms with Crippen LogP contribution in [0.5, 0.6) is 0 Å². The molecule has 3 heterocycles. The highest BCUT2D eigenvalue weighted by Crippen LogP contribution is 2.22. The van der Waals surface area contributed by atoms with Gasteiger partial charge in [0.25, 0.3) is 5.89 Å². The summed E-state index contributed by atoms with van der Waals surface area (Å²) in [4.78, 5) is 17.4. The highest BCUT2D eigenvalue weighted by atomic mass is 32.2. The van der Waals surface area contributed by atoms with Gasteiger partial charge in [-0.2, -0.15) is 9.29 Å². The topological polar surface area (TPSA) is 103 Å². The van der Waals surface area contributed by atoms with Gasteiger partial charge in [-0.25, -0.2) is 8.42 Å². The molecule has 1 aliphatic rings. The normalized spacial score (nSPS) is 15.1. The molecule has 8 nitrogen and oxygen atoms in total. The second kappa shape index (κ2) is 9.71. The van der Waals surface area contributed by atoms with Crippen LogP contribution in [0.3, 0.4) is 0 Å². The summed E-state index contributed by atoms with van der Waals surface area (Å²) in [6, 6.07) is 10.5. The number of benzene rings is 1. The Hall–Kier alpha value is -2.56. The number of nitrogens with zero attached hydrogens (tertiary/aromatic N) is 3. The van der Waals surface area contributed by atoms with Crippen molar-refractivity contribution in [1.82, 2.24) is 14.4 Å². The van der Waals surface area contributed by atoms with Crippen LogP contribution in [-0.2, 0) is 32.6 Å². The third kappa shape index (κ3) is 5.38. The largest absolute Gasteiger partial charge is 0.456 e. The summed E-state index contributed by atoms with van der Waals surface area (Å²) < 4.78 is 37.2. The summed E-state index contributed by atoms with van der Waals surface area (Å²) in [7, 11) is -3.44. The fraction of sp³-hybridized carbons (Fsp3) is 0.381. The van der Waals surface area contributed by atoms with E-state index in [0.717, 1.165) is 29.7 Å². The van der Waals surface area contributed by atoms with E-state index in [1.807, 2.05) is 17.5 Å². The lowest BCUT2D eigenvalue weighted by atomic mass is 10.1. The van der Waals surface area contributed by atoms with Crippen LogP contribution in [-0.4, -0.2) is 41.9 Å². The Morgan fingerprint density at radius 2 is 1.90 bits per heavy atom. The zero-order chi connectivity index (χ0) is 21.7. The van der Waals surface area contributed by atoms with Gasteiger partial charge >= 0.3 is 5.97 Å². The third-order valence-electron chi connectivity index (χ3n) is 5.06. The minimum Gasteiger partial charge on any atom is -0.456 e. The van der Waals surface area contributed by atoms with Crippen LogP contribution in [0.25, 0.3) is 10.7 Å².